The fourth-order valence-corrected chi connectivity index (χ4v) is 2.91. The molecule has 0 bridgehead atoms. The third-order valence-corrected chi connectivity index (χ3v) is 4.32. The molecule has 0 aliphatic carbocycles. The maximum Gasteiger partial charge on any atom is 0.311 e. The summed E-state index contributed by atoms with van der Waals surface area (Å²) in [5, 5.41) is 4.84. The van der Waals surface area contributed by atoms with Crippen molar-refractivity contribution >= 4 is 44.3 Å². The van der Waals surface area contributed by atoms with Crippen molar-refractivity contribution in [2.24, 2.45) is 0 Å². The van der Waals surface area contributed by atoms with Crippen LogP contribution in [0.3, 0.4) is 0 Å². The Balaban J connectivity index is 2.06. The highest BCUT2D eigenvalue weighted by Gasteiger charge is 2.14. The summed E-state index contributed by atoms with van der Waals surface area (Å²) in [6.07, 6.45) is 0.0864. The van der Waals surface area contributed by atoms with Gasteiger partial charge in [0.05, 0.1) is 31.4 Å². The van der Waals surface area contributed by atoms with Crippen LogP contribution < -0.4 is 10.1 Å². The van der Waals surface area contributed by atoms with Crippen LogP contribution in [0.25, 0.3) is 0 Å². The molecule has 0 spiro atoms. The minimum absolute atomic E-state index is 0.0864. The molecule has 2 rings (SSSR count). The molecule has 23 heavy (non-hydrogen) atoms. The zero-order valence-electron chi connectivity index (χ0n) is 12.6. The van der Waals surface area contributed by atoms with Gasteiger partial charge in [-0.2, -0.15) is 0 Å². The number of nitrogens with zero attached hydrogens (tertiary/aromatic N) is 1. The van der Waals surface area contributed by atoms with Crippen molar-refractivity contribution in [3.8, 4) is 5.75 Å². The molecular formula is C15H15BrN2O4S. The summed E-state index contributed by atoms with van der Waals surface area (Å²) in [5.74, 6) is -0.0699. The SMILES string of the molecule is CCOC(=O)Cc1csc(NC(=O)c2cc(OC)ccc2Br)n1. The molecule has 2 aromatic rings. The number of esters is 1. The van der Waals surface area contributed by atoms with Crippen molar-refractivity contribution in [1.82, 2.24) is 4.98 Å². The molecular weight excluding hydrogens is 384 g/mol. The number of halogens is 1. The van der Waals surface area contributed by atoms with Gasteiger partial charge in [-0.1, -0.05) is 0 Å². The lowest BCUT2D eigenvalue weighted by atomic mass is 10.2. The first kappa shape index (κ1) is 17.4. The van der Waals surface area contributed by atoms with Gasteiger partial charge in [0.25, 0.3) is 5.91 Å². The molecule has 6 nitrogen and oxygen atoms in total. The Morgan fingerprint density at radius 2 is 2.17 bits per heavy atom. The topological polar surface area (TPSA) is 77.5 Å². The quantitative estimate of drug-likeness (QED) is 0.755. The highest BCUT2D eigenvalue weighted by Crippen LogP contribution is 2.24. The first-order chi connectivity index (χ1) is 11.0. The van der Waals surface area contributed by atoms with E-state index in [-0.39, 0.29) is 18.3 Å². The van der Waals surface area contributed by atoms with Crippen LogP contribution in [0, 0.1) is 0 Å². The molecule has 1 aromatic heterocycles. The lowest BCUT2D eigenvalue weighted by molar-refractivity contribution is -0.142. The van der Waals surface area contributed by atoms with E-state index in [1.165, 1.54) is 18.4 Å². The number of rotatable bonds is 6. The van der Waals surface area contributed by atoms with Crippen molar-refractivity contribution in [3.05, 3.63) is 39.3 Å². The van der Waals surface area contributed by atoms with E-state index in [2.05, 4.69) is 26.2 Å². The number of methoxy groups -OCH3 is 1. The second kappa shape index (κ2) is 8.07. The van der Waals surface area contributed by atoms with Gasteiger partial charge in [0.2, 0.25) is 0 Å². The third kappa shape index (κ3) is 4.77. The van der Waals surface area contributed by atoms with Crippen LogP contribution in [-0.4, -0.2) is 30.6 Å². The summed E-state index contributed by atoms with van der Waals surface area (Å²) >= 11 is 4.59. The number of hydrogen-bond donors (Lipinski definition) is 1. The molecule has 0 saturated carbocycles. The molecule has 1 N–H and O–H groups in total. The highest BCUT2D eigenvalue weighted by molar-refractivity contribution is 9.10. The van der Waals surface area contributed by atoms with Gasteiger partial charge in [0.15, 0.2) is 5.13 Å². The minimum Gasteiger partial charge on any atom is -0.497 e. The molecule has 1 heterocycles. The normalized spacial score (nSPS) is 10.2. The second-order valence-corrected chi connectivity index (χ2v) is 6.14. The minimum atomic E-state index is -0.341. The Hall–Kier alpha value is -1.93. The summed E-state index contributed by atoms with van der Waals surface area (Å²) in [6.45, 7) is 2.08. The third-order valence-electron chi connectivity index (χ3n) is 2.82. The van der Waals surface area contributed by atoms with Crippen LogP contribution in [0.5, 0.6) is 5.75 Å². The Bertz CT molecular complexity index is 717. The number of aromatic nitrogens is 1. The molecule has 0 unspecified atom stereocenters. The van der Waals surface area contributed by atoms with Gasteiger partial charge in [-0.05, 0) is 41.1 Å². The van der Waals surface area contributed by atoms with Crippen molar-refractivity contribution in [2.45, 2.75) is 13.3 Å². The van der Waals surface area contributed by atoms with Gasteiger partial charge in [-0.3, -0.25) is 14.9 Å². The molecule has 0 aliphatic rings. The molecule has 0 saturated heterocycles. The van der Waals surface area contributed by atoms with E-state index in [0.717, 1.165) is 0 Å². The Kier molecular flexibility index (Phi) is 6.12. The molecule has 1 aromatic carbocycles. The van der Waals surface area contributed by atoms with Crippen molar-refractivity contribution < 1.29 is 19.1 Å². The fourth-order valence-electron chi connectivity index (χ4n) is 1.78. The summed E-state index contributed by atoms with van der Waals surface area (Å²) < 4.78 is 10.6. The fraction of sp³-hybridized carbons (Fsp3) is 0.267. The zero-order chi connectivity index (χ0) is 16.8. The Labute approximate surface area is 146 Å². The number of benzene rings is 1. The average Bonchev–Trinajstić information content (AvgIpc) is 2.94. The van der Waals surface area contributed by atoms with E-state index >= 15 is 0 Å². The summed E-state index contributed by atoms with van der Waals surface area (Å²) in [6, 6.07) is 5.12. The molecule has 0 fully saturated rings. The monoisotopic (exact) mass is 398 g/mol. The van der Waals surface area contributed by atoms with Gasteiger partial charge < -0.3 is 9.47 Å². The van der Waals surface area contributed by atoms with Crippen molar-refractivity contribution in [2.75, 3.05) is 19.0 Å². The Morgan fingerprint density at radius 3 is 2.87 bits per heavy atom. The molecule has 0 radical (unpaired) electrons. The predicted molar refractivity (Wildman–Crippen MR) is 91.1 cm³/mol. The summed E-state index contributed by atoms with van der Waals surface area (Å²) in [5.41, 5.74) is 1.000. The number of carbonyl (C=O) groups is 2. The zero-order valence-corrected chi connectivity index (χ0v) is 15.0. The van der Waals surface area contributed by atoms with Gasteiger partial charge in [-0.25, -0.2) is 4.98 Å². The molecule has 1 amide bonds. The number of ether oxygens (including phenoxy) is 2. The maximum atomic E-state index is 12.3. The van der Waals surface area contributed by atoms with Gasteiger partial charge in [0, 0.05) is 9.85 Å². The van der Waals surface area contributed by atoms with Crippen LogP contribution in [-0.2, 0) is 16.0 Å². The van der Waals surface area contributed by atoms with E-state index in [1.54, 1.807) is 30.5 Å². The number of hydrogen-bond acceptors (Lipinski definition) is 6. The second-order valence-electron chi connectivity index (χ2n) is 4.43. The van der Waals surface area contributed by atoms with E-state index in [9.17, 15) is 9.59 Å². The number of nitrogens with one attached hydrogen (secondary N) is 1. The average molecular weight is 399 g/mol. The van der Waals surface area contributed by atoms with Crippen LogP contribution >= 0.6 is 27.3 Å². The van der Waals surface area contributed by atoms with Crippen LogP contribution in [0.1, 0.15) is 23.0 Å². The van der Waals surface area contributed by atoms with Crippen LogP contribution in [0.2, 0.25) is 0 Å². The summed E-state index contributed by atoms with van der Waals surface area (Å²) in [4.78, 5) is 27.9. The maximum absolute atomic E-state index is 12.3. The first-order valence-electron chi connectivity index (χ1n) is 6.78. The van der Waals surface area contributed by atoms with Gasteiger partial charge >= 0.3 is 5.97 Å². The lowest BCUT2D eigenvalue weighted by Gasteiger charge is -2.06. The number of amides is 1. The predicted octanol–water partition coefficient (Wildman–Crippen LogP) is 3.27. The number of carbonyl (C=O) groups excluding carboxylic acids is 2. The molecule has 8 heteroatoms. The molecule has 0 aliphatic heterocycles. The van der Waals surface area contributed by atoms with E-state index in [4.69, 9.17) is 9.47 Å². The van der Waals surface area contributed by atoms with E-state index in [0.29, 0.717) is 33.2 Å². The number of anilines is 1. The first-order valence-corrected chi connectivity index (χ1v) is 8.45. The lowest BCUT2D eigenvalue weighted by Crippen LogP contribution is -2.13. The van der Waals surface area contributed by atoms with Crippen molar-refractivity contribution in [3.63, 3.8) is 0 Å². The Morgan fingerprint density at radius 1 is 1.39 bits per heavy atom. The highest BCUT2D eigenvalue weighted by atomic mass is 79.9. The molecule has 0 atom stereocenters. The van der Waals surface area contributed by atoms with Gasteiger partial charge in [-0.15, -0.1) is 11.3 Å². The summed E-state index contributed by atoms with van der Waals surface area (Å²) in [7, 11) is 1.54. The van der Waals surface area contributed by atoms with Gasteiger partial charge in [0.1, 0.15) is 5.75 Å². The standard InChI is InChI=1S/C15H15BrN2O4S/c1-3-22-13(19)6-9-8-23-15(17-9)18-14(20)11-7-10(21-2)4-5-12(11)16/h4-5,7-8H,3,6H2,1-2H3,(H,17,18,20). The molecule has 122 valence electrons. The van der Waals surface area contributed by atoms with Crippen LogP contribution in [0.15, 0.2) is 28.1 Å². The van der Waals surface area contributed by atoms with E-state index in [1.807, 2.05) is 0 Å². The largest absolute Gasteiger partial charge is 0.497 e. The van der Waals surface area contributed by atoms with Crippen LogP contribution in [0.4, 0.5) is 5.13 Å². The smallest absolute Gasteiger partial charge is 0.311 e. The number of thiazole rings is 1. The van der Waals surface area contributed by atoms with E-state index < -0.39 is 0 Å². The van der Waals surface area contributed by atoms with Crippen molar-refractivity contribution in [1.29, 1.82) is 0 Å².